The van der Waals surface area contributed by atoms with Crippen LogP contribution in [0.5, 0.6) is 5.88 Å². The van der Waals surface area contributed by atoms with Crippen molar-refractivity contribution in [1.82, 2.24) is 20.5 Å². The number of rotatable bonds is 5. The maximum atomic E-state index is 12.3. The van der Waals surface area contributed by atoms with E-state index in [9.17, 15) is 4.79 Å². The fraction of sp³-hybridized carbons (Fsp3) is 0.188. The molecule has 0 aliphatic rings. The summed E-state index contributed by atoms with van der Waals surface area (Å²) in [6.45, 7) is 2.76. The lowest BCUT2D eigenvalue weighted by Gasteiger charge is -2.09. The van der Waals surface area contributed by atoms with Crippen molar-refractivity contribution in [2.75, 3.05) is 6.61 Å². The second-order valence-electron chi connectivity index (χ2n) is 4.70. The Balaban J connectivity index is 1.75. The Morgan fingerprint density at radius 3 is 3.00 bits per heavy atom. The third-order valence-electron chi connectivity index (χ3n) is 3.26. The van der Waals surface area contributed by atoms with E-state index in [1.807, 2.05) is 43.3 Å². The minimum Gasteiger partial charge on any atom is -0.478 e. The molecule has 0 saturated carbocycles. The highest BCUT2D eigenvalue weighted by Crippen LogP contribution is 2.16. The molecule has 0 aliphatic heterocycles. The van der Waals surface area contributed by atoms with E-state index in [-0.39, 0.29) is 5.91 Å². The number of carbonyl (C=O) groups excluding carboxylic acids is 1. The standard InChI is InChI=1S/C16H16N4O2/c1-2-22-16-11(6-5-9-17-16)10-18-15(21)14-12-7-3-4-8-13(12)19-20-14/h3-9H,2,10H2,1H3,(H,18,21)(H,19,20). The first-order chi connectivity index (χ1) is 10.8. The summed E-state index contributed by atoms with van der Waals surface area (Å²) >= 11 is 0. The molecule has 0 saturated heterocycles. The molecule has 0 fully saturated rings. The zero-order chi connectivity index (χ0) is 15.4. The van der Waals surface area contributed by atoms with Gasteiger partial charge in [0, 0.05) is 23.7 Å². The number of H-pyrrole nitrogens is 1. The van der Waals surface area contributed by atoms with Gasteiger partial charge in [0.15, 0.2) is 5.69 Å². The number of hydrogen-bond donors (Lipinski definition) is 2. The van der Waals surface area contributed by atoms with Crippen molar-refractivity contribution in [3.8, 4) is 5.88 Å². The number of pyridine rings is 1. The number of aromatic amines is 1. The lowest BCUT2D eigenvalue weighted by molar-refractivity contribution is 0.0947. The van der Waals surface area contributed by atoms with Gasteiger partial charge in [0.1, 0.15) is 0 Å². The largest absolute Gasteiger partial charge is 0.478 e. The molecule has 2 aromatic heterocycles. The molecule has 0 spiro atoms. The van der Waals surface area contributed by atoms with Crippen molar-refractivity contribution in [2.24, 2.45) is 0 Å². The van der Waals surface area contributed by atoms with Crippen molar-refractivity contribution in [3.05, 3.63) is 53.9 Å². The van der Waals surface area contributed by atoms with E-state index < -0.39 is 0 Å². The Hall–Kier alpha value is -2.89. The number of aromatic nitrogens is 3. The number of amides is 1. The molecule has 2 heterocycles. The molecule has 2 N–H and O–H groups in total. The number of carbonyl (C=O) groups is 1. The number of fused-ring (bicyclic) bond motifs is 1. The van der Waals surface area contributed by atoms with Gasteiger partial charge in [0.25, 0.3) is 5.91 Å². The van der Waals surface area contributed by atoms with Crippen molar-refractivity contribution in [3.63, 3.8) is 0 Å². The van der Waals surface area contributed by atoms with Crippen LogP contribution in [0.4, 0.5) is 0 Å². The Morgan fingerprint density at radius 2 is 2.14 bits per heavy atom. The van der Waals surface area contributed by atoms with Crippen LogP contribution >= 0.6 is 0 Å². The van der Waals surface area contributed by atoms with Gasteiger partial charge >= 0.3 is 0 Å². The summed E-state index contributed by atoms with van der Waals surface area (Å²) in [4.78, 5) is 16.5. The van der Waals surface area contributed by atoms with Gasteiger partial charge in [0.05, 0.1) is 12.1 Å². The first-order valence-electron chi connectivity index (χ1n) is 7.07. The fourth-order valence-corrected chi connectivity index (χ4v) is 2.22. The quantitative estimate of drug-likeness (QED) is 0.757. The van der Waals surface area contributed by atoms with Crippen LogP contribution in [0, 0.1) is 0 Å². The second kappa shape index (κ2) is 6.26. The summed E-state index contributed by atoms with van der Waals surface area (Å²) in [6.07, 6.45) is 1.66. The maximum Gasteiger partial charge on any atom is 0.272 e. The van der Waals surface area contributed by atoms with Crippen LogP contribution in [0.25, 0.3) is 10.9 Å². The molecule has 3 rings (SSSR count). The number of benzene rings is 1. The van der Waals surface area contributed by atoms with E-state index in [1.165, 1.54) is 0 Å². The summed E-state index contributed by atoms with van der Waals surface area (Å²) in [6, 6.07) is 11.2. The highest BCUT2D eigenvalue weighted by atomic mass is 16.5. The number of nitrogens with one attached hydrogen (secondary N) is 2. The zero-order valence-electron chi connectivity index (χ0n) is 12.2. The SMILES string of the molecule is CCOc1ncccc1CNC(=O)c1n[nH]c2ccccc12. The van der Waals surface area contributed by atoms with Crippen LogP contribution < -0.4 is 10.1 Å². The second-order valence-corrected chi connectivity index (χ2v) is 4.70. The Morgan fingerprint density at radius 1 is 1.27 bits per heavy atom. The average Bonchev–Trinajstić information content (AvgIpc) is 2.98. The van der Waals surface area contributed by atoms with Gasteiger partial charge < -0.3 is 10.1 Å². The molecular weight excluding hydrogens is 280 g/mol. The van der Waals surface area contributed by atoms with Crippen molar-refractivity contribution in [1.29, 1.82) is 0 Å². The molecule has 3 aromatic rings. The molecule has 22 heavy (non-hydrogen) atoms. The summed E-state index contributed by atoms with van der Waals surface area (Å²) in [5, 5.41) is 10.6. The minimum absolute atomic E-state index is 0.233. The molecule has 1 aromatic carbocycles. The van der Waals surface area contributed by atoms with E-state index in [0.29, 0.717) is 24.7 Å². The minimum atomic E-state index is -0.233. The van der Waals surface area contributed by atoms with E-state index in [2.05, 4.69) is 20.5 Å². The zero-order valence-corrected chi connectivity index (χ0v) is 12.2. The van der Waals surface area contributed by atoms with Crippen LogP contribution in [-0.4, -0.2) is 27.7 Å². The average molecular weight is 296 g/mol. The highest BCUT2D eigenvalue weighted by molar-refractivity contribution is 6.04. The molecule has 6 heteroatoms. The third-order valence-corrected chi connectivity index (χ3v) is 3.26. The summed E-state index contributed by atoms with van der Waals surface area (Å²) < 4.78 is 5.45. The van der Waals surface area contributed by atoms with Crippen molar-refractivity contribution >= 4 is 16.8 Å². The molecule has 6 nitrogen and oxygen atoms in total. The lowest BCUT2D eigenvalue weighted by atomic mass is 10.2. The predicted octanol–water partition coefficient (Wildman–Crippen LogP) is 2.29. The van der Waals surface area contributed by atoms with Gasteiger partial charge in [-0.2, -0.15) is 5.10 Å². The maximum absolute atomic E-state index is 12.3. The molecule has 112 valence electrons. The van der Waals surface area contributed by atoms with Gasteiger partial charge in [-0.15, -0.1) is 0 Å². The summed E-state index contributed by atoms with van der Waals surface area (Å²) in [5.41, 5.74) is 2.05. The number of para-hydroxylation sites is 1. The van der Waals surface area contributed by atoms with Crippen molar-refractivity contribution < 1.29 is 9.53 Å². The Bertz CT molecular complexity index is 797. The molecule has 0 bridgehead atoms. The lowest BCUT2D eigenvalue weighted by Crippen LogP contribution is -2.23. The predicted molar refractivity (Wildman–Crippen MR) is 82.7 cm³/mol. The molecule has 1 amide bonds. The molecule has 0 radical (unpaired) electrons. The highest BCUT2D eigenvalue weighted by Gasteiger charge is 2.14. The first-order valence-corrected chi connectivity index (χ1v) is 7.07. The number of hydrogen-bond acceptors (Lipinski definition) is 4. The summed E-state index contributed by atoms with van der Waals surface area (Å²) in [7, 11) is 0. The van der Waals surface area contributed by atoms with Crippen LogP contribution in [-0.2, 0) is 6.54 Å². The van der Waals surface area contributed by atoms with Gasteiger partial charge in [-0.05, 0) is 19.1 Å². The van der Waals surface area contributed by atoms with Gasteiger partial charge in [-0.25, -0.2) is 4.98 Å². The molecule has 0 atom stereocenters. The van der Waals surface area contributed by atoms with E-state index in [1.54, 1.807) is 6.20 Å². The van der Waals surface area contributed by atoms with Crippen LogP contribution in [0.15, 0.2) is 42.6 Å². The molecule has 0 unspecified atom stereocenters. The Kier molecular flexibility index (Phi) is 4.00. The third kappa shape index (κ3) is 2.76. The van der Waals surface area contributed by atoms with Crippen LogP contribution in [0.3, 0.4) is 0 Å². The van der Waals surface area contributed by atoms with Gasteiger partial charge in [-0.3, -0.25) is 9.89 Å². The van der Waals surface area contributed by atoms with E-state index >= 15 is 0 Å². The van der Waals surface area contributed by atoms with E-state index in [0.717, 1.165) is 16.5 Å². The topological polar surface area (TPSA) is 79.9 Å². The van der Waals surface area contributed by atoms with Crippen LogP contribution in [0.1, 0.15) is 23.0 Å². The van der Waals surface area contributed by atoms with Crippen LogP contribution in [0.2, 0.25) is 0 Å². The van der Waals surface area contributed by atoms with Gasteiger partial charge in [0.2, 0.25) is 5.88 Å². The van der Waals surface area contributed by atoms with E-state index in [4.69, 9.17) is 4.74 Å². The number of ether oxygens (including phenoxy) is 1. The normalized spacial score (nSPS) is 10.6. The smallest absolute Gasteiger partial charge is 0.272 e. The Labute approximate surface area is 127 Å². The summed E-state index contributed by atoms with van der Waals surface area (Å²) in [5.74, 6) is 0.306. The number of nitrogens with zero attached hydrogens (tertiary/aromatic N) is 2. The first kappa shape index (κ1) is 14.1. The van der Waals surface area contributed by atoms with Gasteiger partial charge in [-0.1, -0.05) is 24.3 Å². The monoisotopic (exact) mass is 296 g/mol. The van der Waals surface area contributed by atoms with Crippen molar-refractivity contribution in [2.45, 2.75) is 13.5 Å². The fourth-order valence-electron chi connectivity index (χ4n) is 2.22. The molecular formula is C16H16N4O2. The molecule has 0 aliphatic carbocycles.